The molecule has 0 aromatic heterocycles. The Labute approximate surface area is 120 Å². The third kappa shape index (κ3) is 3.15. The molecule has 2 rings (SSSR count). The monoisotopic (exact) mass is 304 g/mol. The molecule has 20 heavy (non-hydrogen) atoms. The number of carboxylic acid groups (broad SMARTS) is 1. The first kappa shape index (κ1) is 15.7. The van der Waals surface area contributed by atoms with E-state index in [1.54, 1.807) is 7.05 Å². The molecule has 0 bridgehead atoms. The van der Waals surface area contributed by atoms with Crippen LogP contribution in [-0.2, 0) is 15.0 Å². The Morgan fingerprint density at radius 2 is 1.70 bits per heavy atom. The fraction of sp³-hybridized carbons (Fsp3) is 0.923. The van der Waals surface area contributed by atoms with Gasteiger partial charge >= 0.3 is 5.97 Å². The van der Waals surface area contributed by atoms with E-state index in [1.165, 1.54) is 8.61 Å². The Hall–Kier alpha value is -0.660. The van der Waals surface area contributed by atoms with E-state index >= 15 is 0 Å². The van der Waals surface area contributed by atoms with Gasteiger partial charge in [0.2, 0.25) is 0 Å². The van der Waals surface area contributed by atoms with Crippen molar-refractivity contribution in [2.24, 2.45) is 0 Å². The summed E-state index contributed by atoms with van der Waals surface area (Å²) in [6, 6.07) is -0.884. The first-order chi connectivity index (χ1) is 9.44. The van der Waals surface area contributed by atoms with E-state index < -0.39 is 22.2 Å². The Balaban J connectivity index is 2.16. The first-order valence-corrected chi connectivity index (χ1v) is 8.82. The number of rotatable bonds is 4. The summed E-state index contributed by atoms with van der Waals surface area (Å²) in [6.45, 7) is 0.316. The molecule has 2 fully saturated rings. The van der Waals surface area contributed by atoms with Crippen LogP contribution in [0.3, 0.4) is 0 Å². The van der Waals surface area contributed by atoms with Crippen LogP contribution < -0.4 is 0 Å². The predicted octanol–water partition coefficient (Wildman–Crippen LogP) is 1.43. The molecule has 2 aliphatic rings. The SMILES string of the molecule is CN(C1CCCCC1)S(=O)(=O)N1CCCC[C@@H]1C(=O)O. The van der Waals surface area contributed by atoms with Crippen molar-refractivity contribution < 1.29 is 18.3 Å². The number of nitrogens with zero attached hydrogens (tertiary/aromatic N) is 2. The number of piperidine rings is 1. The molecule has 0 radical (unpaired) electrons. The molecular weight excluding hydrogens is 280 g/mol. The maximum atomic E-state index is 12.7. The van der Waals surface area contributed by atoms with Crippen molar-refractivity contribution in [2.75, 3.05) is 13.6 Å². The molecule has 0 amide bonds. The van der Waals surface area contributed by atoms with Crippen molar-refractivity contribution in [3.05, 3.63) is 0 Å². The third-order valence-electron chi connectivity index (χ3n) is 4.49. The molecule has 116 valence electrons. The largest absolute Gasteiger partial charge is 0.480 e. The molecule has 1 aliphatic carbocycles. The maximum Gasteiger partial charge on any atom is 0.322 e. The second-order valence-electron chi connectivity index (χ2n) is 5.78. The molecule has 1 aliphatic heterocycles. The lowest BCUT2D eigenvalue weighted by atomic mass is 9.96. The van der Waals surface area contributed by atoms with Crippen LogP contribution in [0.15, 0.2) is 0 Å². The number of carboxylic acids is 1. The maximum absolute atomic E-state index is 12.7. The van der Waals surface area contributed by atoms with Crippen molar-refractivity contribution in [1.29, 1.82) is 0 Å². The summed E-state index contributed by atoms with van der Waals surface area (Å²) in [5.41, 5.74) is 0. The van der Waals surface area contributed by atoms with Crippen LogP contribution >= 0.6 is 0 Å². The highest BCUT2D eigenvalue weighted by Gasteiger charge is 2.40. The molecule has 1 atom stereocenters. The third-order valence-corrected chi connectivity index (χ3v) is 6.54. The van der Waals surface area contributed by atoms with Crippen LogP contribution in [0.4, 0.5) is 0 Å². The lowest BCUT2D eigenvalue weighted by molar-refractivity contribution is -0.142. The highest BCUT2D eigenvalue weighted by Crippen LogP contribution is 2.28. The van der Waals surface area contributed by atoms with Gasteiger partial charge in [0.15, 0.2) is 0 Å². The smallest absolute Gasteiger partial charge is 0.322 e. The minimum atomic E-state index is -3.67. The van der Waals surface area contributed by atoms with E-state index in [9.17, 15) is 18.3 Å². The second kappa shape index (κ2) is 6.41. The predicted molar refractivity (Wildman–Crippen MR) is 75.5 cm³/mol. The van der Waals surface area contributed by atoms with Crippen LogP contribution in [0.1, 0.15) is 51.4 Å². The Morgan fingerprint density at radius 1 is 1.10 bits per heavy atom. The van der Waals surface area contributed by atoms with Crippen molar-refractivity contribution in [1.82, 2.24) is 8.61 Å². The van der Waals surface area contributed by atoms with Gasteiger partial charge in [-0.15, -0.1) is 0 Å². The molecule has 1 N–H and O–H groups in total. The van der Waals surface area contributed by atoms with Gasteiger partial charge in [0.25, 0.3) is 10.2 Å². The molecule has 0 spiro atoms. The average molecular weight is 304 g/mol. The van der Waals surface area contributed by atoms with Gasteiger partial charge in [0.1, 0.15) is 6.04 Å². The quantitative estimate of drug-likeness (QED) is 0.852. The minimum Gasteiger partial charge on any atom is -0.480 e. The van der Waals surface area contributed by atoms with E-state index in [1.807, 2.05) is 0 Å². The van der Waals surface area contributed by atoms with Crippen molar-refractivity contribution in [3.63, 3.8) is 0 Å². The number of hydrogen-bond acceptors (Lipinski definition) is 3. The number of hydrogen-bond donors (Lipinski definition) is 1. The van der Waals surface area contributed by atoms with Crippen LogP contribution in [0, 0.1) is 0 Å². The van der Waals surface area contributed by atoms with Crippen molar-refractivity contribution >= 4 is 16.2 Å². The summed E-state index contributed by atoms with van der Waals surface area (Å²) in [5, 5.41) is 9.24. The van der Waals surface area contributed by atoms with E-state index in [0.29, 0.717) is 13.0 Å². The van der Waals surface area contributed by atoms with Crippen LogP contribution in [0.5, 0.6) is 0 Å². The van der Waals surface area contributed by atoms with Crippen LogP contribution in [0.25, 0.3) is 0 Å². The van der Waals surface area contributed by atoms with Gasteiger partial charge in [-0.1, -0.05) is 19.3 Å². The molecule has 1 saturated carbocycles. The van der Waals surface area contributed by atoms with Gasteiger partial charge in [-0.25, -0.2) is 0 Å². The summed E-state index contributed by atoms with van der Waals surface area (Å²) < 4.78 is 28.0. The fourth-order valence-corrected chi connectivity index (χ4v) is 5.02. The van der Waals surface area contributed by atoms with E-state index in [0.717, 1.165) is 44.9 Å². The van der Waals surface area contributed by atoms with Crippen molar-refractivity contribution in [2.45, 2.75) is 63.5 Å². The lowest BCUT2D eigenvalue weighted by Crippen LogP contribution is -2.54. The molecule has 0 unspecified atom stereocenters. The Kier molecular flexibility index (Phi) is 5.04. The van der Waals surface area contributed by atoms with E-state index in [-0.39, 0.29) is 6.04 Å². The second-order valence-corrected chi connectivity index (χ2v) is 7.72. The summed E-state index contributed by atoms with van der Waals surface area (Å²) in [5.74, 6) is -1.04. The minimum absolute atomic E-state index is 0.0186. The molecule has 6 nitrogen and oxygen atoms in total. The van der Waals surface area contributed by atoms with Gasteiger partial charge in [-0.3, -0.25) is 4.79 Å². The summed E-state index contributed by atoms with van der Waals surface area (Å²) in [6.07, 6.45) is 6.93. The van der Waals surface area contributed by atoms with Gasteiger partial charge in [-0.2, -0.15) is 17.0 Å². The number of carbonyl (C=O) groups is 1. The molecule has 1 saturated heterocycles. The molecule has 1 heterocycles. The topological polar surface area (TPSA) is 77.9 Å². The molecular formula is C13H24N2O4S. The summed E-state index contributed by atoms with van der Waals surface area (Å²) in [7, 11) is -2.07. The normalized spacial score (nSPS) is 26.8. The van der Waals surface area contributed by atoms with E-state index in [4.69, 9.17) is 0 Å². The van der Waals surface area contributed by atoms with E-state index in [2.05, 4.69) is 0 Å². The highest BCUT2D eigenvalue weighted by atomic mass is 32.2. The Bertz CT molecular complexity index is 445. The lowest BCUT2D eigenvalue weighted by Gasteiger charge is -2.38. The zero-order valence-electron chi connectivity index (χ0n) is 12.0. The standard InChI is InChI=1S/C13H24N2O4S/c1-14(11-7-3-2-4-8-11)20(18,19)15-10-6-5-9-12(15)13(16)17/h11-12H,2-10H2,1H3,(H,16,17)/t12-/m1/s1. The summed E-state index contributed by atoms with van der Waals surface area (Å²) >= 11 is 0. The first-order valence-electron chi connectivity index (χ1n) is 7.42. The van der Waals surface area contributed by atoms with Gasteiger partial charge < -0.3 is 5.11 Å². The number of aliphatic carboxylic acids is 1. The fourth-order valence-electron chi connectivity index (χ4n) is 3.23. The van der Waals surface area contributed by atoms with Gasteiger partial charge in [0, 0.05) is 19.6 Å². The Morgan fingerprint density at radius 3 is 2.30 bits per heavy atom. The van der Waals surface area contributed by atoms with Crippen LogP contribution in [0.2, 0.25) is 0 Å². The van der Waals surface area contributed by atoms with Gasteiger partial charge in [0.05, 0.1) is 0 Å². The summed E-state index contributed by atoms with van der Waals surface area (Å²) in [4.78, 5) is 11.3. The zero-order valence-corrected chi connectivity index (χ0v) is 12.8. The van der Waals surface area contributed by atoms with Gasteiger partial charge in [-0.05, 0) is 32.1 Å². The molecule has 7 heteroatoms. The highest BCUT2D eigenvalue weighted by molar-refractivity contribution is 7.86. The molecule has 0 aromatic carbocycles. The molecule has 0 aromatic rings. The van der Waals surface area contributed by atoms with Crippen molar-refractivity contribution in [3.8, 4) is 0 Å². The average Bonchev–Trinajstić information content (AvgIpc) is 2.47. The van der Waals surface area contributed by atoms with Crippen LogP contribution in [-0.4, -0.2) is 53.8 Å². The zero-order chi connectivity index (χ0) is 14.8.